The summed E-state index contributed by atoms with van der Waals surface area (Å²) in [6.07, 6.45) is 1.73. The number of aromatic amines is 1. The lowest BCUT2D eigenvalue weighted by Gasteiger charge is -2.26. The Bertz CT molecular complexity index is 946. The number of allylic oxidation sites excluding steroid dienone is 1. The molecule has 1 aromatic carbocycles. The first-order valence-corrected chi connectivity index (χ1v) is 7.12. The second kappa shape index (κ2) is 5.23. The molecule has 3 aromatic rings. The van der Waals surface area contributed by atoms with Crippen LogP contribution in [0.1, 0.15) is 17.0 Å². The Morgan fingerprint density at radius 3 is 3.09 bits per heavy atom. The maximum atomic E-state index is 9.74. The van der Waals surface area contributed by atoms with Gasteiger partial charge in [-0.3, -0.25) is 5.10 Å². The van der Waals surface area contributed by atoms with Crippen LogP contribution in [0.25, 0.3) is 11.0 Å². The number of aromatic nitrogens is 4. The zero-order chi connectivity index (χ0) is 15.8. The van der Waals surface area contributed by atoms with Gasteiger partial charge in [0, 0.05) is 17.8 Å². The van der Waals surface area contributed by atoms with E-state index in [-0.39, 0.29) is 5.92 Å². The summed E-state index contributed by atoms with van der Waals surface area (Å²) in [5, 5.41) is 31.0. The standard InChI is InChI=1S/C15H13N7O/c1-17-7-12-9(5-16)13(10-6-18-20-15(10)19-12)8-3-2-4-11-14(8)22-23-21-11/h2-4,6,13,17H,7H2,1H3,(H2,18,19,20). The lowest BCUT2D eigenvalue weighted by Crippen LogP contribution is -2.24. The van der Waals surface area contributed by atoms with Gasteiger partial charge in [0.05, 0.1) is 23.8 Å². The zero-order valence-corrected chi connectivity index (χ0v) is 12.3. The second-order valence-corrected chi connectivity index (χ2v) is 5.27. The average Bonchev–Trinajstić information content (AvgIpc) is 3.22. The molecular formula is C15H13N7O. The van der Waals surface area contributed by atoms with Crippen molar-refractivity contribution in [2.45, 2.75) is 5.92 Å². The maximum Gasteiger partial charge on any atom is 0.139 e. The van der Waals surface area contributed by atoms with Gasteiger partial charge in [-0.15, -0.1) is 0 Å². The molecule has 3 N–H and O–H groups in total. The number of nitrogens with zero attached hydrogens (tertiary/aromatic N) is 4. The van der Waals surface area contributed by atoms with Gasteiger partial charge in [-0.1, -0.05) is 12.1 Å². The summed E-state index contributed by atoms with van der Waals surface area (Å²) in [5.41, 5.74) is 4.53. The first kappa shape index (κ1) is 13.5. The predicted molar refractivity (Wildman–Crippen MR) is 82.4 cm³/mol. The van der Waals surface area contributed by atoms with E-state index in [4.69, 9.17) is 4.63 Å². The van der Waals surface area contributed by atoms with E-state index in [1.54, 1.807) is 6.20 Å². The van der Waals surface area contributed by atoms with Crippen LogP contribution in [-0.2, 0) is 0 Å². The van der Waals surface area contributed by atoms with Crippen molar-refractivity contribution in [3.05, 3.63) is 46.8 Å². The van der Waals surface area contributed by atoms with E-state index in [1.165, 1.54) is 0 Å². The molecule has 0 radical (unpaired) electrons. The first-order valence-electron chi connectivity index (χ1n) is 7.12. The molecule has 114 valence electrons. The molecule has 1 atom stereocenters. The van der Waals surface area contributed by atoms with Crippen LogP contribution in [-0.4, -0.2) is 34.1 Å². The number of fused-ring (bicyclic) bond motifs is 2. The van der Waals surface area contributed by atoms with Crippen LogP contribution in [0.2, 0.25) is 0 Å². The molecule has 4 rings (SSSR count). The number of likely N-dealkylation sites (N-methyl/N-ethyl adjacent to an activating group) is 1. The van der Waals surface area contributed by atoms with Crippen molar-refractivity contribution in [3.8, 4) is 6.07 Å². The third kappa shape index (κ3) is 1.98. The third-order valence-electron chi connectivity index (χ3n) is 3.97. The number of H-pyrrole nitrogens is 1. The van der Waals surface area contributed by atoms with Crippen LogP contribution in [0.3, 0.4) is 0 Å². The van der Waals surface area contributed by atoms with E-state index in [2.05, 4.69) is 37.2 Å². The van der Waals surface area contributed by atoms with Crippen molar-refractivity contribution >= 4 is 16.9 Å². The molecule has 0 fully saturated rings. The second-order valence-electron chi connectivity index (χ2n) is 5.27. The highest BCUT2D eigenvalue weighted by atomic mass is 16.6. The van der Waals surface area contributed by atoms with Gasteiger partial charge in [0.1, 0.15) is 16.9 Å². The number of hydrogen-bond donors (Lipinski definition) is 3. The highest BCUT2D eigenvalue weighted by molar-refractivity contribution is 5.80. The molecule has 0 spiro atoms. The first-order chi connectivity index (χ1) is 11.3. The molecule has 8 heteroatoms. The number of hydrogen-bond acceptors (Lipinski definition) is 7. The minimum Gasteiger partial charge on any atom is -0.342 e. The SMILES string of the molecule is CNCC1=C(C#N)C(c2cccc3nonc23)c2cn[nH]c2N1. The van der Waals surface area contributed by atoms with Crippen LogP contribution in [0.4, 0.5) is 5.82 Å². The van der Waals surface area contributed by atoms with Crippen LogP contribution < -0.4 is 10.6 Å². The lowest BCUT2D eigenvalue weighted by molar-refractivity contribution is 0.315. The topological polar surface area (TPSA) is 115 Å². The van der Waals surface area contributed by atoms with E-state index in [9.17, 15) is 5.26 Å². The molecule has 1 aliphatic rings. The van der Waals surface area contributed by atoms with Crippen molar-refractivity contribution in [2.75, 3.05) is 18.9 Å². The molecule has 0 saturated heterocycles. The van der Waals surface area contributed by atoms with Gasteiger partial charge in [0.15, 0.2) is 0 Å². The van der Waals surface area contributed by atoms with Crippen molar-refractivity contribution in [2.24, 2.45) is 0 Å². The van der Waals surface area contributed by atoms with E-state index >= 15 is 0 Å². The van der Waals surface area contributed by atoms with Gasteiger partial charge in [-0.25, -0.2) is 4.63 Å². The van der Waals surface area contributed by atoms with Gasteiger partial charge in [0.2, 0.25) is 0 Å². The van der Waals surface area contributed by atoms with E-state index in [1.807, 2.05) is 25.2 Å². The van der Waals surface area contributed by atoms with Crippen molar-refractivity contribution in [1.29, 1.82) is 5.26 Å². The summed E-state index contributed by atoms with van der Waals surface area (Å²) in [5.74, 6) is 0.515. The highest BCUT2D eigenvalue weighted by Crippen LogP contribution is 2.42. The minimum atomic E-state index is -0.269. The van der Waals surface area contributed by atoms with Gasteiger partial charge >= 0.3 is 0 Å². The van der Waals surface area contributed by atoms with Crippen molar-refractivity contribution < 1.29 is 4.63 Å². The summed E-state index contributed by atoms with van der Waals surface area (Å²) in [6.45, 7) is 0.547. The molecule has 2 aromatic heterocycles. The molecule has 23 heavy (non-hydrogen) atoms. The Hall–Kier alpha value is -3.18. The normalized spacial score (nSPS) is 17.0. The summed E-state index contributed by atoms with van der Waals surface area (Å²) >= 11 is 0. The molecule has 0 bridgehead atoms. The Morgan fingerprint density at radius 1 is 1.35 bits per heavy atom. The molecule has 0 saturated carbocycles. The van der Waals surface area contributed by atoms with Crippen LogP contribution in [0.5, 0.6) is 0 Å². The fraction of sp³-hybridized carbons (Fsp3) is 0.200. The zero-order valence-electron chi connectivity index (χ0n) is 12.3. The summed E-state index contributed by atoms with van der Waals surface area (Å²) in [7, 11) is 1.84. The fourth-order valence-electron chi connectivity index (χ4n) is 2.99. The van der Waals surface area contributed by atoms with Gasteiger partial charge in [-0.2, -0.15) is 10.4 Å². The van der Waals surface area contributed by atoms with E-state index in [0.717, 1.165) is 22.6 Å². The van der Waals surface area contributed by atoms with E-state index in [0.29, 0.717) is 23.2 Å². The predicted octanol–water partition coefficient (Wildman–Crippen LogP) is 1.50. The lowest BCUT2D eigenvalue weighted by atomic mass is 9.82. The molecular weight excluding hydrogens is 294 g/mol. The number of anilines is 1. The Kier molecular flexibility index (Phi) is 3.06. The Labute approximate surface area is 131 Å². The molecule has 0 amide bonds. The smallest absolute Gasteiger partial charge is 0.139 e. The molecule has 3 heterocycles. The largest absolute Gasteiger partial charge is 0.342 e. The van der Waals surface area contributed by atoms with Crippen molar-refractivity contribution in [3.63, 3.8) is 0 Å². The Morgan fingerprint density at radius 2 is 2.26 bits per heavy atom. The molecule has 0 aliphatic carbocycles. The van der Waals surface area contributed by atoms with Gasteiger partial charge in [-0.05, 0) is 29.0 Å². The van der Waals surface area contributed by atoms with Gasteiger partial charge < -0.3 is 10.6 Å². The van der Waals surface area contributed by atoms with Gasteiger partial charge in [0.25, 0.3) is 0 Å². The van der Waals surface area contributed by atoms with Crippen molar-refractivity contribution in [1.82, 2.24) is 25.8 Å². The minimum absolute atomic E-state index is 0.269. The fourth-order valence-corrected chi connectivity index (χ4v) is 2.99. The summed E-state index contributed by atoms with van der Waals surface area (Å²) in [4.78, 5) is 0. The molecule has 8 nitrogen and oxygen atoms in total. The summed E-state index contributed by atoms with van der Waals surface area (Å²) < 4.78 is 4.86. The number of benzene rings is 1. The maximum absolute atomic E-state index is 9.74. The van der Waals surface area contributed by atoms with Crippen LogP contribution >= 0.6 is 0 Å². The molecule has 1 aliphatic heterocycles. The number of nitrogens with one attached hydrogen (secondary N) is 3. The number of rotatable bonds is 3. The molecule has 1 unspecified atom stereocenters. The third-order valence-corrected chi connectivity index (χ3v) is 3.97. The number of nitriles is 1. The Balaban J connectivity index is 1.98. The highest BCUT2D eigenvalue weighted by Gasteiger charge is 2.32. The quantitative estimate of drug-likeness (QED) is 0.671. The average molecular weight is 307 g/mol. The van der Waals surface area contributed by atoms with Crippen LogP contribution in [0, 0.1) is 11.3 Å². The van der Waals surface area contributed by atoms with E-state index < -0.39 is 0 Å². The monoisotopic (exact) mass is 307 g/mol. The van der Waals surface area contributed by atoms with Crippen LogP contribution in [0.15, 0.2) is 40.3 Å². The summed E-state index contributed by atoms with van der Waals surface area (Å²) in [6, 6.07) is 7.99.